The monoisotopic (exact) mass is 452 g/mol. The molecular weight excluding hydrogens is 416 g/mol. The van der Waals surface area contributed by atoms with Gasteiger partial charge in [-0.15, -0.1) is 0 Å². The molecule has 1 saturated carbocycles. The molecule has 1 atom stereocenters. The van der Waals surface area contributed by atoms with E-state index in [4.69, 9.17) is 9.47 Å². The van der Waals surface area contributed by atoms with E-state index in [1.54, 1.807) is 18.9 Å². The van der Waals surface area contributed by atoms with Crippen molar-refractivity contribution >= 4 is 11.8 Å². The van der Waals surface area contributed by atoms with Crippen molar-refractivity contribution in [2.24, 2.45) is 0 Å². The highest BCUT2D eigenvalue weighted by Crippen LogP contribution is 2.21. The lowest BCUT2D eigenvalue weighted by Gasteiger charge is -2.31. The molecule has 0 radical (unpaired) electrons. The van der Waals surface area contributed by atoms with Crippen molar-refractivity contribution in [1.82, 2.24) is 10.2 Å². The molecule has 1 aliphatic rings. The first-order valence-electron chi connectivity index (χ1n) is 11.8. The second kappa shape index (κ2) is 11.7. The van der Waals surface area contributed by atoms with E-state index in [-0.39, 0.29) is 24.5 Å². The predicted octanol–water partition coefficient (Wildman–Crippen LogP) is 4.56. The Hall–Kier alpha value is -3.02. The van der Waals surface area contributed by atoms with Gasteiger partial charge in [0, 0.05) is 12.6 Å². The molecule has 0 aromatic heterocycles. The molecule has 1 N–H and O–H groups in total. The topological polar surface area (TPSA) is 67.9 Å². The molecule has 3 rings (SSSR count). The van der Waals surface area contributed by atoms with Gasteiger partial charge < -0.3 is 19.7 Å². The number of hydrogen-bond acceptors (Lipinski definition) is 4. The Morgan fingerprint density at radius 2 is 1.85 bits per heavy atom. The summed E-state index contributed by atoms with van der Waals surface area (Å²) in [5.74, 6) is 1.05. The Morgan fingerprint density at radius 3 is 2.58 bits per heavy atom. The maximum Gasteiger partial charge on any atom is 0.261 e. The van der Waals surface area contributed by atoms with Crippen LogP contribution < -0.4 is 14.8 Å². The van der Waals surface area contributed by atoms with Gasteiger partial charge in [-0.3, -0.25) is 9.59 Å². The number of aryl methyl sites for hydroxylation is 2. The summed E-state index contributed by atoms with van der Waals surface area (Å²) in [6.07, 6.45) is 5.49. The minimum atomic E-state index is -0.618. The Bertz CT molecular complexity index is 953. The third-order valence-corrected chi connectivity index (χ3v) is 6.30. The summed E-state index contributed by atoms with van der Waals surface area (Å²) in [7, 11) is 1.61. The second-order valence-electron chi connectivity index (χ2n) is 8.95. The summed E-state index contributed by atoms with van der Waals surface area (Å²) in [6, 6.07) is 13.0. The summed E-state index contributed by atoms with van der Waals surface area (Å²) >= 11 is 0. The minimum Gasteiger partial charge on any atom is -0.497 e. The molecule has 0 spiro atoms. The Balaban J connectivity index is 1.74. The van der Waals surface area contributed by atoms with Gasteiger partial charge in [0.05, 0.1) is 7.11 Å². The number of hydrogen-bond donors (Lipinski definition) is 1. The number of carbonyl (C=O) groups excluding carboxylic acids is 2. The van der Waals surface area contributed by atoms with Crippen molar-refractivity contribution in [1.29, 1.82) is 0 Å². The lowest BCUT2D eigenvalue weighted by atomic mass is 9.95. The van der Waals surface area contributed by atoms with Gasteiger partial charge >= 0.3 is 0 Å². The molecule has 1 aliphatic carbocycles. The van der Waals surface area contributed by atoms with Crippen LogP contribution in [0.15, 0.2) is 42.5 Å². The van der Waals surface area contributed by atoms with E-state index in [2.05, 4.69) is 5.32 Å². The molecule has 178 valence electrons. The molecule has 0 bridgehead atoms. The average Bonchev–Trinajstić information content (AvgIpc) is 2.83. The Kier molecular flexibility index (Phi) is 8.75. The zero-order chi connectivity index (χ0) is 23.8. The highest BCUT2D eigenvalue weighted by Gasteiger charge is 2.28. The smallest absolute Gasteiger partial charge is 0.261 e. The maximum absolute atomic E-state index is 13.3. The van der Waals surface area contributed by atoms with E-state index >= 15 is 0 Å². The molecular formula is C27H36N2O4. The van der Waals surface area contributed by atoms with Crippen LogP contribution in [-0.2, 0) is 16.1 Å². The fourth-order valence-corrected chi connectivity index (χ4v) is 4.20. The minimum absolute atomic E-state index is 0.120. The normalized spacial score (nSPS) is 14.9. The van der Waals surface area contributed by atoms with Crippen LogP contribution in [0.3, 0.4) is 0 Å². The molecule has 33 heavy (non-hydrogen) atoms. The molecule has 0 aliphatic heterocycles. The van der Waals surface area contributed by atoms with Gasteiger partial charge in [0.25, 0.3) is 5.91 Å². The van der Waals surface area contributed by atoms with E-state index in [9.17, 15) is 9.59 Å². The van der Waals surface area contributed by atoms with Crippen molar-refractivity contribution in [2.45, 2.75) is 71.5 Å². The number of rotatable bonds is 9. The van der Waals surface area contributed by atoms with Crippen molar-refractivity contribution in [3.63, 3.8) is 0 Å². The molecule has 1 fully saturated rings. The summed E-state index contributed by atoms with van der Waals surface area (Å²) in [4.78, 5) is 28.0. The van der Waals surface area contributed by atoms with Crippen LogP contribution in [-0.4, -0.2) is 42.5 Å². The van der Waals surface area contributed by atoms with Crippen LogP contribution >= 0.6 is 0 Å². The van der Waals surface area contributed by atoms with E-state index in [1.807, 2.05) is 56.3 Å². The van der Waals surface area contributed by atoms with Gasteiger partial charge in [0.15, 0.2) is 6.61 Å². The Morgan fingerprint density at radius 1 is 1.09 bits per heavy atom. The summed E-state index contributed by atoms with van der Waals surface area (Å²) in [6.45, 7) is 5.89. The number of nitrogens with one attached hydrogen (secondary N) is 1. The first-order chi connectivity index (χ1) is 15.9. The largest absolute Gasteiger partial charge is 0.497 e. The van der Waals surface area contributed by atoms with Crippen molar-refractivity contribution in [3.8, 4) is 11.5 Å². The fraction of sp³-hybridized carbons (Fsp3) is 0.481. The zero-order valence-electron chi connectivity index (χ0n) is 20.2. The first-order valence-corrected chi connectivity index (χ1v) is 11.8. The lowest BCUT2D eigenvalue weighted by Crippen LogP contribution is -2.51. The van der Waals surface area contributed by atoms with Gasteiger partial charge in [-0.25, -0.2) is 0 Å². The molecule has 2 aromatic rings. The van der Waals surface area contributed by atoms with Crippen molar-refractivity contribution < 1.29 is 19.1 Å². The van der Waals surface area contributed by atoms with E-state index in [0.717, 1.165) is 42.4 Å². The average molecular weight is 453 g/mol. The van der Waals surface area contributed by atoms with Crippen LogP contribution in [0, 0.1) is 13.8 Å². The molecule has 0 heterocycles. The van der Waals surface area contributed by atoms with Crippen LogP contribution in [0.5, 0.6) is 11.5 Å². The highest BCUT2D eigenvalue weighted by atomic mass is 16.5. The predicted molar refractivity (Wildman–Crippen MR) is 129 cm³/mol. The van der Waals surface area contributed by atoms with Crippen LogP contribution in [0.25, 0.3) is 0 Å². The Labute approximate surface area is 197 Å². The number of benzene rings is 2. The van der Waals surface area contributed by atoms with Gasteiger partial charge in [0.1, 0.15) is 17.5 Å². The number of carbonyl (C=O) groups is 2. The lowest BCUT2D eigenvalue weighted by molar-refractivity contribution is -0.142. The van der Waals surface area contributed by atoms with Gasteiger partial charge in [-0.05, 0) is 68.5 Å². The third kappa shape index (κ3) is 6.98. The van der Waals surface area contributed by atoms with Crippen molar-refractivity contribution in [2.75, 3.05) is 13.7 Å². The summed E-state index contributed by atoms with van der Waals surface area (Å²) in [5, 5.41) is 3.15. The van der Waals surface area contributed by atoms with Gasteiger partial charge in [0.2, 0.25) is 5.91 Å². The molecule has 6 nitrogen and oxygen atoms in total. The van der Waals surface area contributed by atoms with Crippen LogP contribution in [0.2, 0.25) is 0 Å². The molecule has 2 aromatic carbocycles. The molecule has 0 saturated heterocycles. The van der Waals surface area contributed by atoms with E-state index < -0.39 is 6.04 Å². The second-order valence-corrected chi connectivity index (χ2v) is 8.95. The maximum atomic E-state index is 13.3. The molecule has 2 amide bonds. The molecule has 0 unspecified atom stereocenters. The van der Waals surface area contributed by atoms with Crippen molar-refractivity contribution in [3.05, 3.63) is 59.2 Å². The van der Waals surface area contributed by atoms with Gasteiger partial charge in [-0.1, -0.05) is 43.5 Å². The number of ether oxygens (including phenoxy) is 2. The highest BCUT2D eigenvalue weighted by molar-refractivity contribution is 5.88. The zero-order valence-corrected chi connectivity index (χ0v) is 20.2. The standard InChI is InChI=1S/C27H36N2O4/c1-19-13-14-20(2)25(15-19)33-18-26(30)29(17-22-9-8-12-24(16-22)32-4)21(3)27(31)28-23-10-6-5-7-11-23/h8-9,12-16,21,23H,5-7,10-11,17-18H2,1-4H3,(H,28,31)/t21-/m0/s1. The first kappa shape index (κ1) is 24.6. The summed E-state index contributed by atoms with van der Waals surface area (Å²) < 4.78 is 11.2. The van der Waals surface area contributed by atoms with Crippen LogP contribution in [0.4, 0.5) is 0 Å². The number of nitrogens with zero attached hydrogens (tertiary/aromatic N) is 1. The SMILES string of the molecule is COc1cccc(CN(C(=O)COc2cc(C)ccc2C)[C@@H](C)C(=O)NC2CCCCC2)c1. The third-order valence-electron chi connectivity index (χ3n) is 6.30. The number of amides is 2. The van der Waals surface area contributed by atoms with E-state index in [1.165, 1.54) is 6.42 Å². The fourth-order valence-electron chi connectivity index (χ4n) is 4.20. The van der Waals surface area contributed by atoms with E-state index in [0.29, 0.717) is 18.0 Å². The molecule has 6 heteroatoms. The summed E-state index contributed by atoms with van der Waals surface area (Å²) in [5.41, 5.74) is 2.93. The quantitative estimate of drug-likeness (QED) is 0.606. The van der Waals surface area contributed by atoms with Gasteiger partial charge in [-0.2, -0.15) is 0 Å². The number of methoxy groups -OCH3 is 1. The van der Waals surface area contributed by atoms with Crippen LogP contribution in [0.1, 0.15) is 55.7 Å².